The number of ether oxygens (including phenoxy) is 1. The molecule has 0 bridgehead atoms. The van der Waals surface area contributed by atoms with Gasteiger partial charge in [-0.25, -0.2) is 4.79 Å². The molecule has 1 atom stereocenters. The van der Waals surface area contributed by atoms with Crippen LogP contribution < -0.4 is 5.32 Å². The summed E-state index contributed by atoms with van der Waals surface area (Å²) in [4.78, 5) is 12.6. The highest BCUT2D eigenvalue weighted by atomic mass is 32.1. The first-order valence-electron chi connectivity index (χ1n) is 5.20. The second-order valence-corrected chi connectivity index (χ2v) is 5.74. The molecule has 0 aromatic carbocycles. The van der Waals surface area contributed by atoms with E-state index in [1.807, 2.05) is 40.7 Å². The van der Waals surface area contributed by atoms with E-state index in [0.717, 1.165) is 10.6 Å². The van der Waals surface area contributed by atoms with Crippen LogP contribution >= 0.6 is 11.5 Å². The molecule has 1 aromatic rings. The summed E-state index contributed by atoms with van der Waals surface area (Å²) < 4.78 is 9.40. The summed E-state index contributed by atoms with van der Waals surface area (Å²) in [6.45, 7) is 9.39. The standard InChI is InChI=1S/C11H18N2O2S/c1-7-6-9(13-16-7)8(2)12-10(14)15-11(3,4)5/h6,8H,1-5H3,(H,12,14). The van der Waals surface area contributed by atoms with E-state index in [9.17, 15) is 4.79 Å². The van der Waals surface area contributed by atoms with Gasteiger partial charge in [0.25, 0.3) is 0 Å². The third-order valence-corrected chi connectivity index (χ3v) is 2.53. The Kier molecular flexibility index (Phi) is 3.91. The first-order valence-corrected chi connectivity index (χ1v) is 5.98. The summed E-state index contributed by atoms with van der Waals surface area (Å²) in [5, 5.41) is 2.75. The molecule has 1 amide bonds. The van der Waals surface area contributed by atoms with E-state index in [2.05, 4.69) is 9.69 Å². The van der Waals surface area contributed by atoms with Gasteiger partial charge in [0.2, 0.25) is 0 Å². The van der Waals surface area contributed by atoms with Gasteiger partial charge in [-0.2, -0.15) is 4.37 Å². The Labute approximate surface area is 100 Å². The number of aromatic nitrogens is 1. The minimum atomic E-state index is -0.470. The molecule has 90 valence electrons. The number of aryl methyl sites for hydroxylation is 1. The zero-order valence-corrected chi connectivity index (χ0v) is 11.1. The number of carbonyl (C=O) groups excluding carboxylic acids is 1. The predicted octanol–water partition coefficient (Wildman–Crippen LogP) is 3.04. The second kappa shape index (κ2) is 4.82. The highest BCUT2D eigenvalue weighted by Gasteiger charge is 2.19. The van der Waals surface area contributed by atoms with Gasteiger partial charge in [0.05, 0.1) is 11.7 Å². The molecule has 0 spiro atoms. The average Bonchev–Trinajstić information content (AvgIpc) is 2.47. The maximum atomic E-state index is 11.5. The van der Waals surface area contributed by atoms with Gasteiger partial charge in [-0.1, -0.05) is 0 Å². The van der Waals surface area contributed by atoms with Crippen LogP contribution in [-0.4, -0.2) is 16.1 Å². The zero-order valence-electron chi connectivity index (χ0n) is 10.3. The molecule has 1 N–H and O–H groups in total. The van der Waals surface area contributed by atoms with Gasteiger partial charge in [0, 0.05) is 4.88 Å². The molecule has 0 saturated heterocycles. The quantitative estimate of drug-likeness (QED) is 0.867. The van der Waals surface area contributed by atoms with E-state index in [1.54, 1.807) is 0 Å². The summed E-state index contributed by atoms with van der Waals surface area (Å²) in [5.41, 5.74) is 0.398. The van der Waals surface area contributed by atoms with Crippen LogP contribution in [0, 0.1) is 6.92 Å². The number of carbonyl (C=O) groups is 1. The molecule has 0 aliphatic rings. The number of nitrogens with zero attached hydrogens (tertiary/aromatic N) is 1. The first-order chi connectivity index (χ1) is 7.28. The summed E-state index contributed by atoms with van der Waals surface area (Å²) >= 11 is 1.43. The lowest BCUT2D eigenvalue weighted by Gasteiger charge is -2.21. The number of hydrogen-bond acceptors (Lipinski definition) is 4. The Morgan fingerprint density at radius 3 is 2.62 bits per heavy atom. The fraction of sp³-hybridized carbons (Fsp3) is 0.636. The number of alkyl carbamates (subject to hydrolysis) is 1. The Balaban J connectivity index is 2.52. The van der Waals surface area contributed by atoms with E-state index in [0.29, 0.717) is 0 Å². The van der Waals surface area contributed by atoms with Gasteiger partial charge in [0.15, 0.2) is 0 Å². The van der Waals surface area contributed by atoms with E-state index in [1.165, 1.54) is 11.5 Å². The minimum absolute atomic E-state index is 0.125. The minimum Gasteiger partial charge on any atom is -0.444 e. The molecule has 0 fully saturated rings. The molecule has 0 radical (unpaired) electrons. The monoisotopic (exact) mass is 242 g/mol. The Hall–Kier alpha value is -1.10. The topological polar surface area (TPSA) is 51.2 Å². The van der Waals surface area contributed by atoms with E-state index in [-0.39, 0.29) is 6.04 Å². The summed E-state index contributed by atoms with van der Waals surface area (Å²) in [7, 11) is 0. The summed E-state index contributed by atoms with van der Waals surface area (Å²) in [6, 6.07) is 1.84. The van der Waals surface area contributed by atoms with Gasteiger partial charge in [-0.05, 0) is 52.2 Å². The van der Waals surface area contributed by atoms with Gasteiger partial charge in [0.1, 0.15) is 5.60 Å². The van der Waals surface area contributed by atoms with Crippen molar-refractivity contribution in [2.75, 3.05) is 0 Å². The molecule has 1 aromatic heterocycles. The van der Waals surface area contributed by atoms with Crippen molar-refractivity contribution in [2.24, 2.45) is 0 Å². The highest BCUT2D eigenvalue weighted by molar-refractivity contribution is 7.05. The molecule has 5 heteroatoms. The van der Waals surface area contributed by atoms with E-state index < -0.39 is 11.7 Å². The van der Waals surface area contributed by atoms with Gasteiger partial charge in [-0.15, -0.1) is 0 Å². The first kappa shape index (κ1) is 13.0. The molecule has 0 aliphatic heterocycles. The maximum absolute atomic E-state index is 11.5. The van der Waals surface area contributed by atoms with Crippen molar-refractivity contribution in [3.63, 3.8) is 0 Å². The average molecular weight is 242 g/mol. The normalized spacial score (nSPS) is 13.3. The van der Waals surface area contributed by atoms with Crippen molar-refractivity contribution in [1.29, 1.82) is 0 Å². The van der Waals surface area contributed by atoms with Crippen LogP contribution in [0.5, 0.6) is 0 Å². The van der Waals surface area contributed by atoms with Crippen molar-refractivity contribution < 1.29 is 9.53 Å². The molecular weight excluding hydrogens is 224 g/mol. The number of hydrogen-bond donors (Lipinski definition) is 1. The van der Waals surface area contributed by atoms with Gasteiger partial charge < -0.3 is 10.1 Å². The van der Waals surface area contributed by atoms with Gasteiger partial charge in [-0.3, -0.25) is 0 Å². The Bertz CT molecular complexity index is 368. The molecular formula is C11H18N2O2S. The van der Waals surface area contributed by atoms with E-state index in [4.69, 9.17) is 4.74 Å². The van der Waals surface area contributed by atoms with Crippen molar-refractivity contribution in [1.82, 2.24) is 9.69 Å². The van der Waals surface area contributed by atoms with Crippen LogP contribution in [0.25, 0.3) is 0 Å². The predicted molar refractivity (Wildman–Crippen MR) is 64.6 cm³/mol. The summed E-state index contributed by atoms with van der Waals surface area (Å²) in [6.07, 6.45) is -0.411. The smallest absolute Gasteiger partial charge is 0.408 e. The van der Waals surface area contributed by atoms with Crippen LogP contribution in [-0.2, 0) is 4.74 Å². The second-order valence-electron chi connectivity index (χ2n) is 4.73. The molecule has 1 unspecified atom stereocenters. The van der Waals surface area contributed by atoms with Crippen molar-refractivity contribution in [3.05, 3.63) is 16.6 Å². The van der Waals surface area contributed by atoms with E-state index >= 15 is 0 Å². The molecule has 0 saturated carbocycles. The maximum Gasteiger partial charge on any atom is 0.408 e. The number of rotatable bonds is 2. The summed E-state index contributed by atoms with van der Waals surface area (Å²) in [5.74, 6) is 0. The Morgan fingerprint density at radius 2 is 2.19 bits per heavy atom. The number of amides is 1. The van der Waals surface area contributed by atoms with Crippen LogP contribution in [0.3, 0.4) is 0 Å². The van der Waals surface area contributed by atoms with Crippen LogP contribution in [0.4, 0.5) is 4.79 Å². The Morgan fingerprint density at radius 1 is 1.56 bits per heavy atom. The zero-order chi connectivity index (χ0) is 12.3. The van der Waals surface area contributed by atoms with Gasteiger partial charge >= 0.3 is 6.09 Å². The lowest BCUT2D eigenvalue weighted by Crippen LogP contribution is -2.34. The molecule has 0 aliphatic carbocycles. The van der Waals surface area contributed by atoms with Crippen LogP contribution in [0.1, 0.15) is 44.3 Å². The molecule has 16 heavy (non-hydrogen) atoms. The third kappa shape index (κ3) is 4.18. The van der Waals surface area contributed by atoms with Crippen molar-refractivity contribution >= 4 is 17.6 Å². The van der Waals surface area contributed by atoms with Crippen LogP contribution in [0.2, 0.25) is 0 Å². The third-order valence-electron chi connectivity index (χ3n) is 1.82. The SMILES string of the molecule is Cc1cc(C(C)NC(=O)OC(C)(C)C)ns1. The lowest BCUT2D eigenvalue weighted by molar-refractivity contribution is 0.0507. The largest absolute Gasteiger partial charge is 0.444 e. The lowest BCUT2D eigenvalue weighted by atomic mass is 10.2. The fourth-order valence-electron chi connectivity index (χ4n) is 1.15. The van der Waals surface area contributed by atoms with Crippen molar-refractivity contribution in [2.45, 2.75) is 46.3 Å². The number of nitrogens with one attached hydrogen (secondary N) is 1. The highest BCUT2D eigenvalue weighted by Crippen LogP contribution is 2.16. The van der Waals surface area contributed by atoms with Crippen molar-refractivity contribution in [3.8, 4) is 0 Å². The molecule has 1 heterocycles. The van der Waals surface area contributed by atoms with Crippen LogP contribution in [0.15, 0.2) is 6.07 Å². The molecule has 1 rings (SSSR count). The molecule has 4 nitrogen and oxygen atoms in total. The fourth-order valence-corrected chi connectivity index (χ4v) is 1.78.